The first-order valence-corrected chi connectivity index (χ1v) is 10.1. The van der Waals surface area contributed by atoms with E-state index in [9.17, 15) is 4.79 Å². The van der Waals surface area contributed by atoms with Crippen molar-refractivity contribution in [2.75, 3.05) is 38.7 Å². The molecule has 3 N–H and O–H groups in total. The molecule has 3 rings (SSSR count). The Morgan fingerprint density at radius 2 is 2.26 bits per heavy atom. The third kappa shape index (κ3) is 5.35. The topological polar surface area (TPSA) is 71.6 Å². The Hall–Kier alpha value is -1.34. The van der Waals surface area contributed by atoms with Gasteiger partial charge in [0, 0.05) is 42.7 Å². The van der Waals surface area contributed by atoms with Crippen molar-refractivity contribution < 1.29 is 14.3 Å². The number of rotatable bonds is 7. The molecule has 2 fully saturated rings. The highest BCUT2D eigenvalue weighted by Crippen LogP contribution is 2.31. The Morgan fingerprint density at radius 1 is 1.41 bits per heavy atom. The van der Waals surface area contributed by atoms with Gasteiger partial charge < -0.3 is 25.4 Å². The number of hydrogen-bond donors (Lipinski definition) is 3. The van der Waals surface area contributed by atoms with E-state index in [2.05, 4.69) is 16.0 Å². The lowest BCUT2D eigenvalue weighted by atomic mass is 9.94. The number of morpholine rings is 1. The molecule has 0 radical (unpaired) electrons. The van der Waals surface area contributed by atoms with E-state index in [0.29, 0.717) is 47.4 Å². The lowest BCUT2D eigenvalue weighted by molar-refractivity contribution is -0.116. The van der Waals surface area contributed by atoms with Gasteiger partial charge in [0.15, 0.2) is 0 Å². The van der Waals surface area contributed by atoms with Gasteiger partial charge in [-0.15, -0.1) is 0 Å². The second kappa shape index (κ2) is 9.73. The van der Waals surface area contributed by atoms with Crippen molar-refractivity contribution in [1.82, 2.24) is 10.6 Å². The standard InChI is InChI=1S/C20H30ClN3O3/c1-13-10-17(19(26-2)11-15(13)21)24-20(25)6-7-22-16-5-3-4-14(16)18-12-27-9-8-23-18/h10-11,14,16,18,22-23H,3-9,12H2,1-2H3,(H,24,25). The SMILES string of the molecule is COc1cc(Cl)c(C)cc1NC(=O)CCNC1CCCC1C1COCCN1. The fraction of sp³-hybridized carbons (Fsp3) is 0.650. The highest BCUT2D eigenvalue weighted by molar-refractivity contribution is 6.31. The van der Waals surface area contributed by atoms with Gasteiger partial charge in [-0.1, -0.05) is 18.0 Å². The minimum absolute atomic E-state index is 0.0313. The van der Waals surface area contributed by atoms with Crippen molar-refractivity contribution in [3.8, 4) is 5.75 Å². The maximum Gasteiger partial charge on any atom is 0.225 e. The van der Waals surface area contributed by atoms with Gasteiger partial charge in [0.2, 0.25) is 5.91 Å². The molecule has 1 saturated heterocycles. The second-order valence-corrected chi connectivity index (χ2v) is 7.80. The number of aryl methyl sites for hydroxylation is 1. The summed E-state index contributed by atoms with van der Waals surface area (Å²) >= 11 is 6.12. The van der Waals surface area contributed by atoms with E-state index >= 15 is 0 Å². The molecule has 6 nitrogen and oxygen atoms in total. The van der Waals surface area contributed by atoms with Crippen LogP contribution in [0.2, 0.25) is 5.02 Å². The summed E-state index contributed by atoms with van der Waals surface area (Å²) < 4.78 is 10.9. The number of amides is 1. The molecule has 1 aliphatic heterocycles. The Labute approximate surface area is 166 Å². The molecule has 1 aromatic rings. The number of carbonyl (C=O) groups excluding carboxylic acids is 1. The first kappa shape index (κ1) is 20.4. The number of carbonyl (C=O) groups is 1. The molecule has 1 heterocycles. The van der Waals surface area contributed by atoms with E-state index in [4.69, 9.17) is 21.1 Å². The van der Waals surface area contributed by atoms with Gasteiger partial charge in [0.25, 0.3) is 0 Å². The molecule has 7 heteroatoms. The largest absolute Gasteiger partial charge is 0.495 e. The first-order chi connectivity index (χ1) is 13.1. The van der Waals surface area contributed by atoms with Gasteiger partial charge in [-0.05, 0) is 37.3 Å². The molecule has 1 aromatic carbocycles. The normalized spacial score (nSPS) is 25.4. The third-order valence-electron chi connectivity index (χ3n) is 5.55. The number of anilines is 1. The molecule has 27 heavy (non-hydrogen) atoms. The minimum atomic E-state index is -0.0313. The summed E-state index contributed by atoms with van der Waals surface area (Å²) in [5.41, 5.74) is 1.56. The fourth-order valence-electron chi connectivity index (χ4n) is 4.10. The van der Waals surface area contributed by atoms with Crippen LogP contribution in [-0.2, 0) is 9.53 Å². The molecule has 1 aliphatic carbocycles. The summed E-state index contributed by atoms with van der Waals surface area (Å²) in [6.45, 7) is 5.09. The van der Waals surface area contributed by atoms with Crippen molar-refractivity contribution in [2.45, 2.75) is 44.7 Å². The van der Waals surface area contributed by atoms with Crippen molar-refractivity contribution in [2.24, 2.45) is 5.92 Å². The summed E-state index contributed by atoms with van der Waals surface area (Å²) in [7, 11) is 1.57. The lowest BCUT2D eigenvalue weighted by Gasteiger charge is -2.33. The van der Waals surface area contributed by atoms with Gasteiger partial charge in [0.05, 0.1) is 26.0 Å². The maximum atomic E-state index is 12.4. The van der Waals surface area contributed by atoms with Crippen LogP contribution in [-0.4, -0.2) is 51.4 Å². The van der Waals surface area contributed by atoms with Gasteiger partial charge in [-0.3, -0.25) is 4.79 Å². The smallest absolute Gasteiger partial charge is 0.225 e. The van der Waals surface area contributed by atoms with E-state index in [1.807, 2.05) is 13.0 Å². The van der Waals surface area contributed by atoms with Crippen LogP contribution in [0.5, 0.6) is 5.75 Å². The van der Waals surface area contributed by atoms with E-state index in [1.165, 1.54) is 12.8 Å². The van der Waals surface area contributed by atoms with Gasteiger partial charge >= 0.3 is 0 Å². The highest BCUT2D eigenvalue weighted by Gasteiger charge is 2.34. The van der Waals surface area contributed by atoms with Crippen LogP contribution < -0.4 is 20.7 Å². The Bertz CT molecular complexity index is 650. The van der Waals surface area contributed by atoms with Crippen LogP contribution in [0.1, 0.15) is 31.2 Å². The summed E-state index contributed by atoms with van der Waals surface area (Å²) in [6, 6.07) is 4.44. The van der Waals surface area contributed by atoms with Crippen LogP contribution >= 0.6 is 11.6 Å². The Balaban J connectivity index is 1.47. The van der Waals surface area contributed by atoms with E-state index in [0.717, 1.165) is 31.7 Å². The van der Waals surface area contributed by atoms with Crippen molar-refractivity contribution >= 4 is 23.2 Å². The Morgan fingerprint density at radius 3 is 3.00 bits per heavy atom. The number of methoxy groups -OCH3 is 1. The van der Waals surface area contributed by atoms with Gasteiger partial charge in [-0.2, -0.15) is 0 Å². The lowest BCUT2D eigenvalue weighted by Crippen LogP contribution is -2.51. The molecular weight excluding hydrogens is 366 g/mol. The predicted octanol–water partition coefficient (Wildman–Crippen LogP) is 2.73. The molecule has 0 bridgehead atoms. The summed E-state index contributed by atoms with van der Waals surface area (Å²) in [5, 5.41) is 10.7. The van der Waals surface area contributed by atoms with E-state index < -0.39 is 0 Å². The molecule has 3 unspecified atom stereocenters. The summed E-state index contributed by atoms with van der Waals surface area (Å²) in [6.07, 6.45) is 4.03. The van der Waals surface area contributed by atoms with Crippen molar-refractivity contribution in [1.29, 1.82) is 0 Å². The fourth-order valence-corrected chi connectivity index (χ4v) is 4.25. The van der Waals surface area contributed by atoms with Crippen molar-refractivity contribution in [3.63, 3.8) is 0 Å². The quantitative estimate of drug-likeness (QED) is 0.662. The molecule has 150 valence electrons. The average Bonchev–Trinajstić information content (AvgIpc) is 3.13. The van der Waals surface area contributed by atoms with Crippen LogP contribution in [0.3, 0.4) is 0 Å². The van der Waals surface area contributed by atoms with Gasteiger partial charge in [-0.25, -0.2) is 0 Å². The molecule has 0 spiro atoms. The van der Waals surface area contributed by atoms with Crippen LogP contribution in [0, 0.1) is 12.8 Å². The summed E-state index contributed by atoms with van der Waals surface area (Å²) in [5.74, 6) is 1.12. The second-order valence-electron chi connectivity index (χ2n) is 7.39. The minimum Gasteiger partial charge on any atom is -0.495 e. The summed E-state index contributed by atoms with van der Waals surface area (Å²) in [4.78, 5) is 12.4. The van der Waals surface area contributed by atoms with Crippen LogP contribution in [0.25, 0.3) is 0 Å². The molecule has 2 aliphatic rings. The number of benzene rings is 1. The zero-order valence-electron chi connectivity index (χ0n) is 16.1. The number of hydrogen-bond acceptors (Lipinski definition) is 5. The monoisotopic (exact) mass is 395 g/mol. The number of nitrogens with one attached hydrogen (secondary N) is 3. The molecule has 3 atom stereocenters. The van der Waals surface area contributed by atoms with Crippen LogP contribution in [0.4, 0.5) is 5.69 Å². The van der Waals surface area contributed by atoms with Crippen LogP contribution in [0.15, 0.2) is 12.1 Å². The highest BCUT2D eigenvalue weighted by atomic mass is 35.5. The Kier molecular flexibility index (Phi) is 7.35. The van der Waals surface area contributed by atoms with Crippen molar-refractivity contribution in [3.05, 3.63) is 22.7 Å². The zero-order valence-corrected chi connectivity index (χ0v) is 16.9. The predicted molar refractivity (Wildman–Crippen MR) is 108 cm³/mol. The van der Waals surface area contributed by atoms with E-state index in [1.54, 1.807) is 13.2 Å². The molecule has 0 aromatic heterocycles. The first-order valence-electron chi connectivity index (χ1n) is 9.77. The molecular formula is C20H30ClN3O3. The van der Waals surface area contributed by atoms with E-state index in [-0.39, 0.29) is 5.91 Å². The average molecular weight is 396 g/mol. The molecule has 1 amide bonds. The maximum absolute atomic E-state index is 12.4. The third-order valence-corrected chi connectivity index (χ3v) is 5.96. The van der Waals surface area contributed by atoms with Gasteiger partial charge in [0.1, 0.15) is 5.75 Å². The molecule has 1 saturated carbocycles. The number of ether oxygens (including phenoxy) is 2. The number of halogens is 1. The zero-order chi connectivity index (χ0) is 19.2.